The molecule has 0 aliphatic rings. The lowest BCUT2D eigenvalue weighted by molar-refractivity contribution is -0.116. The maximum atomic E-state index is 12.7. The Morgan fingerprint density at radius 3 is 2.19 bits per heavy atom. The minimum atomic E-state index is -3.54. The number of hydrogen-bond donors (Lipinski definition) is 1. The molecule has 0 fully saturated rings. The third-order valence-electron chi connectivity index (χ3n) is 4.31. The molecular formula is C20H24N2O4S. The number of anilines is 1. The first-order valence-corrected chi connectivity index (χ1v) is 10.3. The van der Waals surface area contributed by atoms with Gasteiger partial charge in [-0.2, -0.15) is 0 Å². The number of aryl methyl sites for hydroxylation is 2. The second-order valence-corrected chi connectivity index (χ2v) is 8.62. The molecule has 27 heavy (non-hydrogen) atoms. The number of hydrogen-bond acceptors (Lipinski definition) is 4. The Balaban J connectivity index is 2.18. The van der Waals surface area contributed by atoms with Crippen molar-refractivity contribution in [2.45, 2.75) is 25.7 Å². The topological polar surface area (TPSA) is 83.6 Å². The number of carbonyl (C=O) groups excluding carboxylic acids is 2. The molecule has 2 rings (SSSR count). The van der Waals surface area contributed by atoms with Gasteiger partial charge in [-0.15, -0.1) is 0 Å². The van der Waals surface area contributed by atoms with Gasteiger partial charge in [0.25, 0.3) is 5.91 Å². The lowest BCUT2D eigenvalue weighted by Gasteiger charge is -2.19. The summed E-state index contributed by atoms with van der Waals surface area (Å²) in [5.41, 5.74) is 2.65. The van der Waals surface area contributed by atoms with E-state index >= 15 is 0 Å². The van der Waals surface area contributed by atoms with Crippen molar-refractivity contribution < 1.29 is 18.0 Å². The van der Waals surface area contributed by atoms with Gasteiger partial charge in [0.1, 0.15) is 0 Å². The molecule has 0 aliphatic carbocycles. The highest BCUT2D eigenvalue weighted by Crippen LogP contribution is 2.20. The highest BCUT2D eigenvalue weighted by Gasteiger charge is 2.23. The maximum Gasteiger partial charge on any atom is 0.255 e. The predicted molar refractivity (Wildman–Crippen MR) is 106 cm³/mol. The number of sulfone groups is 1. The van der Waals surface area contributed by atoms with Crippen LogP contribution in [0, 0.1) is 13.8 Å². The van der Waals surface area contributed by atoms with E-state index in [0.29, 0.717) is 0 Å². The van der Waals surface area contributed by atoms with Gasteiger partial charge in [0.2, 0.25) is 5.91 Å². The summed E-state index contributed by atoms with van der Waals surface area (Å²) >= 11 is 0. The first kappa shape index (κ1) is 20.6. The lowest BCUT2D eigenvalue weighted by Crippen LogP contribution is -2.35. The third-order valence-corrected chi connectivity index (χ3v) is 6.09. The summed E-state index contributed by atoms with van der Waals surface area (Å²) in [7, 11) is -2.07. The minimum absolute atomic E-state index is 0.0143. The van der Waals surface area contributed by atoms with Crippen molar-refractivity contribution in [3.8, 4) is 0 Å². The molecule has 2 aromatic rings. The number of carbonyl (C=O) groups is 2. The number of rotatable bonds is 6. The SMILES string of the molecule is CCS(=O)(=O)c1ccccc1C(=O)N(C)CC(=O)Nc1c(C)cccc1C. The van der Waals surface area contributed by atoms with Crippen LogP contribution < -0.4 is 5.32 Å². The fourth-order valence-electron chi connectivity index (χ4n) is 2.75. The van der Waals surface area contributed by atoms with Crippen molar-refractivity contribution in [1.82, 2.24) is 4.90 Å². The normalized spacial score (nSPS) is 11.1. The average molecular weight is 388 g/mol. The smallest absolute Gasteiger partial charge is 0.255 e. The van der Waals surface area contributed by atoms with Crippen molar-refractivity contribution in [2.24, 2.45) is 0 Å². The zero-order chi connectivity index (χ0) is 20.2. The number of benzene rings is 2. The number of para-hydroxylation sites is 1. The van der Waals surface area contributed by atoms with Gasteiger partial charge in [-0.1, -0.05) is 37.3 Å². The Labute approximate surface area is 160 Å². The molecule has 7 heteroatoms. The number of nitrogens with zero attached hydrogens (tertiary/aromatic N) is 1. The van der Waals surface area contributed by atoms with Gasteiger partial charge in [0.05, 0.1) is 22.8 Å². The monoisotopic (exact) mass is 388 g/mol. The van der Waals surface area contributed by atoms with Crippen molar-refractivity contribution >= 4 is 27.3 Å². The van der Waals surface area contributed by atoms with Gasteiger partial charge in [0.15, 0.2) is 9.84 Å². The standard InChI is InChI=1S/C20H24N2O4S/c1-5-27(25,26)17-12-7-6-11-16(17)20(24)22(4)13-18(23)21-19-14(2)9-8-10-15(19)3/h6-12H,5,13H2,1-4H3,(H,21,23). The molecule has 2 aromatic carbocycles. The van der Waals surface area contributed by atoms with Crippen LogP contribution in [0.1, 0.15) is 28.4 Å². The summed E-state index contributed by atoms with van der Waals surface area (Å²) in [5, 5.41) is 2.82. The van der Waals surface area contributed by atoms with E-state index in [-0.39, 0.29) is 28.7 Å². The second-order valence-electron chi connectivity index (χ2n) is 6.38. The molecule has 0 heterocycles. The van der Waals surface area contributed by atoms with E-state index < -0.39 is 15.7 Å². The predicted octanol–water partition coefficient (Wildman–Crippen LogP) is 2.81. The quantitative estimate of drug-likeness (QED) is 0.825. The largest absolute Gasteiger partial charge is 0.332 e. The van der Waals surface area contributed by atoms with E-state index in [9.17, 15) is 18.0 Å². The van der Waals surface area contributed by atoms with Gasteiger partial charge in [-0.25, -0.2) is 8.42 Å². The van der Waals surface area contributed by atoms with E-state index in [1.54, 1.807) is 12.1 Å². The highest BCUT2D eigenvalue weighted by molar-refractivity contribution is 7.91. The van der Waals surface area contributed by atoms with Crippen molar-refractivity contribution in [3.63, 3.8) is 0 Å². The molecule has 0 bridgehead atoms. The molecule has 1 N–H and O–H groups in total. The molecule has 2 amide bonds. The minimum Gasteiger partial charge on any atom is -0.332 e. The summed E-state index contributed by atoms with van der Waals surface area (Å²) in [5.74, 6) is -0.966. The fraction of sp³-hybridized carbons (Fsp3) is 0.300. The molecule has 0 saturated carbocycles. The zero-order valence-corrected chi connectivity index (χ0v) is 16.8. The van der Waals surface area contributed by atoms with E-state index in [0.717, 1.165) is 16.8 Å². The van der Waals surface area contributed by atoms with Crippen LogP contribution >= 0.6 is 0 Å². The maximum absolute atomic E-state index is 12.7. The van der Waals surface area contributed by atoms with Crippen LogP contribution in [0.3, 0.4) is 0 Å². The third kappa shape index (κ3) is 4.74. The van der Waals surface area contributed by atoms with E-state index in [4.69, 9.17) is 0 Å². The van der Waals surface area contributed by atoms with Gasteiger partial charge in [0, 0.05) is 12.7 Å². The summed E-state index contributed by atoms with van der Waals surface area (Å²) in [4.78, 5) is 26.3. The fourth-order valence-corrected chi connectivity index (χ4v) is 3.84. The Morgan fingerprint density at radius 1 is 1.00 bits per heavy atom. The van der Waals surface area contributed by atoms with Crippen LogP contribution in [0.5, 0.6) is 0 Å². The Morgan fingerprint density at radius 2 is 1.59 bits per heavy atom. The lowest BCUT2D eigenvalue weighted by atomic mass is 10.1. The molecule has 0 atom stereocenters. The molecule has 0 spiro atoms. The molecule has 0 aliphatic heterocycles. The Bertz CT molecular complexity index is 947. The molecule has 0 unspecified atom stereocenters. The van der Waals surface area contributed by atoms with Crippen LogP contribution in [-0.4, -0.2) is 44.5 Å². The van der Waals surface area contributed by atoms with Crippen molar-refractivity contribution in [2.75, 3.05) is 24.7 Å². The van der Waals surface area contributed by atoms with Gasteiger partial charge in [-0.3, -0.25) is 9.59 Å². The number of amides is 2. The average Bonchev–Trinajstić information content (AvgIpc) is 2.64. The van der Waals surface area contributed by atoms with E-state index in [1.165, 1.54) is 31.0 Å². The van der Waals surface area contributed by atoms with Crippen molar-refractivity contribution in [1.29, 1.82) is 0 Å². The van der Waals surface area contributed by atoms with Crippen LogP contribution in [0.2, 0.25) is 0 Å². The van der Waals surface area contributed by atoms with Crippen LogP contribution in [0.15, 0.2) is 47.4 Å². The van der Waals surface area contributed by atoms with E-state index in [2.05, 4.69) is 5.32 Å². The molecule has 6 nitrogen and oxygen atoms in total. The number of likely N-dealkylation sites (N-methyl/N-ethyl adjacent to an activating group) is 1. The first-order chi connectivity index (χ1) is 12.7. The van der Waals surface area contributed by atoms with Crippen LogP contribution in [0.25, 0.3) is 0 Å². The molecule has 0 aromatic heterocycles. The second kappa shape index (κ2) is 8.35. The van der Waals surface area contributed by atoms with Gasteiger partial charge in [-0.05, 0) is 37.1 Å². The van der Waals surface area contributed by atoms with Gasteiger partial charge >= 0.3 is 0 Å². The summed E-state index contributed by atoms with van der Waals surface area (Å²) in [6, 6.07) is 11.7. The zero-order valence-electron chi connectivity index (χ0n) is 15.9. The van der Waals surface area contributed by atoms with Gasteiger partial charge < -0.3 is 10.2 Å². The Hall–Kier alpha value is -2.67. The summed E-state index contributed by atoms with van der Waals surface area (Å²) < 4.78 is 24.5. The summed E-state index contributed by atoms with van der Waals surface area (Å²) in [6.45, 7) is 5.12. The Kier molecular flexibility index (Phi) is 6.38. The highest BCUT2D eigenvalue weighted by atomic mass is 32.2. The molecule has 0 saturated heterocycles. The summed E-state index contributed by atoms with van der Waals surface area (Å²) in [6.07, 6.45) is 0. The molecular weight excluding hydrogens is 364 g/mol. The van der Waals surface area contributed by atoms with Crippen LogP contribution in [0.4, 0.5) is 5.69 Å². The first-order valence-electron chi connectivity index (χ1n) is 8.60. The van der Waals surface area contributed by atoms with Crippen LogP contribution in [-0.2, 0) is 14.6 Å². The molecule has 0 radical (unpaired) electrons. The number of nitrogens with one attached hydrogen (secondary N) is 1. The van der Waals surface area contributed by atoms with E-state index in [1.807, 2.05) is 32.0 Å². The van der Waals surface area contributed by atoms with Crippen molar-refractivity contribution in [3.05, 3.63) is 59.2 Å². The molecule has 144 valence electrons.